The smallest absolute Gasteiger partial charge is 0.165 e. The average molecular weight is 343 g/mol. The van der Waals surface area contributed by atoms with E-state index in [1.165, 1.54) is 0 Å². The van der Waals surface area contributed by atoms with Gasteiger partial charge in [0, 0.05) is 7.11 Å². The highest BCUT2D eigenvalue weighted by molar-refractivity contribution is 7.45. The van der Waals surface area contributed by atoms with E-state index < -0.39 is 5.60 Å². The molecule has 2 heterocycles. The van der Waals surface area contributed by atoms with Crippen molar-refractivity contribution in [2.75, 3.05) is 19.5 Å². The zero-order chi connectivity index (χ0) is 18.0. The molecule has 2 aromatic rings. The van der Waals surface area contributed by atoms with Crippen molar-refractivity contribution >= 4 is 46.8 Å². The summed E-state index contributed by atoms with van der Waals surface area (Å²) in [4.78, 5) is 13.3. The zero-order valence-corrected chi connectivity index (χ0v) is 16.1. The van der Waals surface area contributed by atoms with Gasteiger partial charge in [0.25, 0.3) is 0 Å². The van der Waals surface area contributed by atoms with Gasteiger partial charge in [0.15, 0.2) is 17.0 Å². The Kier molecular flexibility index (Phi) is 5.57. The molecule has 2 atom stereocenters. The Labute approximate surface area is 147 Å². The minimum absolute atomic E-state index is 0.332. The lowest BCUT2D eigenvalue weighted by molar-refractivity contribution is 0.0172. The van der Waals surface area contributed by atoms with Crippen LogP contribution in [-0.2, 0) is 10.1 Å². The molecule has 0 aliphatic heterocycles. The number of imidazole rings is 1. The number of nitrogens with zero attached hydrogens (tertiary/aromatic N) is 4. The van der Waals surface area contributed by atoms with Crippen molar-refractivity contribution < 1.29 is 4.74 Å². The van der Waals surface area contributed by atoms with Gasteiger partial charge in [0.05, 0.1) is 6.33 Å². The third-order valence-corrected chi connectivity index (χ3v) is 5.00. The van der Waals surface area contributed by atoms with Crippen LogP contribution >= 0.6 is 8.58 Å². The number of rotatable bonds is 7. The quantitative estimate of drug-likeness (QED) is 0.414. The first-order valence-electron chi connectivity index (χ1n) is 8.04. The molecule has 0 bridgehead atoms. The van der Waals surface area contributed by atoms with Crippen molar-refractivity contribution in [2.24, 2.45) is 0 Å². The SMILES string of the molecule is BC(B)(C[C@@](C#C)(CCC)OC)n1cnc2c(N)nc(PC)nc21. The fraction of sp³-hybridized carbons (Fsp3) is 0.533. The summed E-state index contributed by atoms with van der Waals surface area (Å²) in [5, 5.41) is -0.332. The molecule has 0 aromatic carbocycles. The normalized spacial score (nSPS) is 14.9. The Hall–Kier alpha value is -1.57. The van der Waals surface area contributed by atoms with Gasteiger partial charge in [-0.1, -0.05) is 27.8 Å². The molecule has 126 valence electrons. The van der Waals surface area contributed by atoms with Crippen molar-refractivity contribution in [3.05, 3.63) is 6.33 Å². The monoisotopic (exact) mass is 343 g/mol. The van der Waals surface area contributed by atoms with Gasteiger partial charge in [0.2, 0.25) is 0 Å². The van der Waals surface area contributed by atoms with Crippen LogP contribution in [0, 0.1) is 12.3 Å². The van der Waals surface area contributed by atoms with E-state index in [4.69, 9.17) is 16.9 Å². The topological polar surface area (TPSA) is 78.9 Å². The number of ether oxygens (including phenoxy) is 1. The number of nitrogen functional groups attached to an aromatic ring is 1. The van der Waals surface area contributed by atoms with Crippen molar-refractivity contribution in [1.82, 2.24) is 19.5 Å². The molecule has 0 fully saturated rings. The minimum atomic E-state index is -0.608. The van der Waals surface area contributed by atoms with Gasteiger partial charge in [-0.3, -0.25) is 0 Å². The third-order valence-electron chi connectivity index (χ3n) is 4.32. The van der Waals surface area contributed by atoms with Gasteiger partial charge in [0.1, 0.15) is 26.8 Å². The van der Waals surface area contributed by atoms with Gasteiger partial charge >= 0.3 is 0 Å². The second-order valence-electron chi connectivity index (χ2n) is 6.55. The molecule has 0 aliphatic rings. The second kappa shape index (κ2) is 7.13. The lowest BCUT2D eigenvalue weighted by Gasteiger charge is -2.37. The summed E-state index contributed by atoms with van der Waals surface area (Å²) in [6, 6.07) is 0. The van der Waals surface area contributed by atoms with Crippen LogP contribution < -0.4 is 11.3 Å². The molecular formula is C15H24B2N5OP. The van der Waals surface area contributed by atoms with Gasteiger partial charge in [-0.2, -0.15) is 0 Å². The maximum absolute atomic E-state index is 6.04. The first-order valence-corrected chi connectivity index (χ1v) is 9.54. The summed E-state index contributed by atoms with van der Waals surface area (Å²) in [6.45, 7) is 4.13. The van der Waals surface area contributed by atoms with E-state index in [0.29, 0.717) is 26.3 Å². The van der Waals surface area contributed by atoms with Gasteiger partial charge < -0.3 is 15.0 Å². The van der Waals surface area contributed by atoms with Gasteiger partial charge in [-0.15, -0.1) is 6.42 Å². The van der Waals surface area contributed by atoms with Crippen molar-refractivity contribution in [3.63, 3.8) is 0 Å². The molecular weight excluding hydrogens is 319 g/mol. The molecule has 0 saturated heterocycles. The number of terminal acetylenes is 1. The van der Waals surface area contributed by atoms with Crippen LogP contribution in [0.4, 0.5) is 5.82 Å². The Morgan fingerprint density at radius 2 is 2.17 bits per heavy atom. The van der Waals surface area contributed by atoms with E-state index in [9.17, 15) is 0 Å². The lowest BCUT2D eigenvalue weighted by atomic mass is 9.56. The Morgan fingerprint density at radius 3 is 2.71 bits per heavy atom. The van der Waals surface area contributed by atoms with Crippen LogP contribution in [0.15, 0.2) is 6.33 Å². The summed E-state index contributed by atoms with van der Waals surface area (Å²) in [7, 11) is 6.37. The van der Waals surface area contributed by atoms with Crippen LogP contribution in [-0.4, -0.2) is 54.6 Å². The molecule has 0 saturated carbocycles. The number of hydrogen-bond acceptors (Lipinski definition) is 5. The summed E-state index contributed by atoms with van der Waals surface area (Å²) >= 11 is 0. The van der Waals surface area contributed by atoms with Crippen molar-refractivity contribution in [1.29, 1.82) is 0 Å². The number of hydrogen-bond donors (Lipinski definition) is 1. The molecule has 0 spiro atoms. The largest absolute Gasteiger partial charge is 0.382 e. The third kappa shape index (κ3) is 3.43. The maximum Gasteiger partial charge on any atom is 0.165 e. The molecule has 0 aliphatic carbocycles. The number of aromatic nitrogens is 4. The van der Waals surface area contributed by atoms with E-state index in [1.54, 1.807) is 13.4 Å². The van der Waals surface area contributed by atoms with Gasteiger partial charge in [-0.05, 0) is 24.8 Å². The van der Waals surface area contributed by atoms with Crippen molar-refractivity contribution in [2.45, 2.75) is 37.1 Å². The number of nitrogens with two attached hydrogens (primary N) is 1. The van der Waals surface area contributed by atoms with Gasteiger partial charge in [-0.25, -0.2) is 15.0 Å². The molecule has 2 N–H and O–H groups in total. The van der Waals surface area contributed by atoms with Crippen molar-refractivity contribution in [3.8, 4) is 12.3 Å². The van der Waals surface area contributed by atoms with E-state index in [1.807, 2.05) is 11.2 Å². The predicted octanol–water partition coefficient (Wildman–Crippen LogP) is -0.573. The predicted molar refractivity (Wildman–Crippen MR) is 107 cm³/mol. The highest BCUT2D eigenvalue weighted by Gasteiger charge is 2.36. The molecule has 0 amide bonds. The first-order chi connectivity index (χ1) is 11.3. The Balaban J connectivity index is 2.51. The summed E-state index contributed by atoms with van der Waals surface area (Å²) in [5.74, 6) is 3.27. The summed E-state index contributed by atoms with van der Waals surface area (Å²) in [6.07, 6.45) is 9.97. The fourth-order valence-electron chi connectivity index (χ4n) is 3.11. The summed E-state index contributed by atoms with van der Waals surface area (Å²) in [5.41, 5.74) is 7.54. The average Bonchev–Trinajstić information content (AvgIpc) is 2.99. The van der Waals surface area contributed by atoms with Crippen LogP contribution in [0.5, 0.6) is 0 Å². The van der Waals surface area contributed by atoms with Crippen LogP contribution in [0.25, 0.3) is 11.2 Å². The van der Waals surface area contributed by atoms with E-state index in [-0.39, 0.29) is 5.34 Å². The Morgan fingerprint density at radius 1 is 1.46 bits per heavy atom. The van der Waals surface area contributed by atoms with E-state index in [0.717, 1.165) is 24.1 Å². The molecule has 2 rings (SSSR count). The molecule has 2 aromatic heterocycles. The van der Waals surface area contributed by atoms with Crippen LogP contribution in [0.2, 0.25) is 0 Å². The number of fused-ring (bicyclic) bond motifs is 1. The highest BCUT2D eigenvalue weighted by atomic mass is 31.1. The lowest BCUT2D eigenvalue weighted by Crippen LogP contribution is -2.45. The zero-order valence-electron chi connectivity index (χ0n) is 15.1. The molecule has 6 nitrogen and oxygen atoms in total. The number of methoxy groups -OCH3 is 1. The van der Waals surface area contributed by atoms with E-state index >= 15 is 0 Å². The standard InChI is InChI=1S/C15H24B2N5OP/c1-5-7-14(6-2,23-3)8-15(16,17)22-9-19-10-11(18)20-13(24-4)21-12(10)22/h2,9,24H,5,7-8,16-17H2,1,3-4H3,(H2,18,20,21)/t14-/m1/s1. The van der Waals surface area contributed by atoms with Crippen LogP contribution in [0.1, 0.15) is 26.2 Å². The molecule has 1 unspecified atom stereocenters. The fourth-order valence-corrected chi connectivity index (χ4v) is 3.56. The maximum atomic E-state index is 6.04. The molecule has 0 radical (unpaired) electrons. The Bertz CT molecular complexity index is 773. The number of anilines is 1. The van der Waals surface area contributed by atoms with Crippen LogP contribution in [0.3, 0.4) is 0 Å². The molecule has 9 heteroatoms. The second-order valence-corrected chi connectivity index (χ2v) is 7.50. The minimum Gasteiger partial charge on any atom is -0.382 e. The summed E-state index contributed by atoms with van der Waals surface area (Å²) < 4.78 is 7.75. The van der Waals surface area contributed by atoms with E-state index in [2.05, 4.69) is 43.5 Å². The highest BCUT2D eigenvalue weighted by Crippen LogP contribution is 2.31. The first kappa shape index (κ1) is 18.8. The molecule has 24 heavy (non-hydrogen) atoms.